The van der Waals surface area contributed by atoms with Gasteiger partial charge in [-0.2, -0.15) is 5.10 Å². The Balaban J connectivity index is 1.08. The lowest BCUT2D eigenvalue weighted by molar-refractivity contribution is 0.0733. The van der Waals surface area contributed by atoms with Crippen molar-refractivity contribution >= 4 is 128 Å². The fraction of sp³-hybridized carbons (Fsp3) is 0.0588. The molecule has 0 saturated heterocycles. The zero-order valence-electron chi connectivity index (χ0n) is 24.6. The number of hydrogen-bond donors (Lipinski definition) is 2. The van der Waals surface area contributed by atoms with Crippen molar-refractivity contribution in [3.63, 3.8) is 0 Å². The van der Waals surface area contributed by atoms with Crippen molar-refractivity contribution in [3.05, 3.63) is 119 Å². The van der Waals surface area contributed by atoms with Gasteiger partial charge in [0.1, 0.15) is 9.75 Å². The average molecular weight is 846 g/mol. The molecule has 0 aliphatic carbocycles. The fourth-order valence-electron chi connectivity index (χ4n) is 4.58. The lowest BCUT2D eigenvalue weighted by Gasteiger charge is -2.11. The summed E-state index contributed by atoms with van der Waals surface area (Å²) in [6.45, 7) is 2.13. The maximum atomic E-state index is 13.0. The molecule has 6 rings (SSSR count). The van der Waals surface area contributed by atoms with Gasteiger partial charge in [-0.15, -0.1) is 22.7 Å². The number of esters is 1. The summed E-state index contributed by atoms with van der Waals surface area (Å²) in [6, 6.07) is 22.5. The number of thiophene rings is 2. The molecule has 6 aromatic rings. The molecule has 48 heavy (non-hydrogen) atoms. The number of ether oxygens (including phenoxy) is 2. The summed E-state index contributed by atoms with van der Waals surface area (Å²) in [5, 5.41) is 9.16. The number of anilines is 1. The molecule has 0 aliphatic rings. The van der Waals surface area contributed by atoms with Gasteiger partial charge in [0.15, 0.2) is 11.5 Å². The predicted octanol–water partition coefficient (Wildman–Crippen LogP) is 10.6. The van der Waals surface area contributed by atoms with Crippen LogP contribution < -0.4 is 20.2 Å². The van der Waals surface area contributed by atoms with Gasteiger partial charge < -0.3 is 14.8 Å². The van der Waals surface area contributed by atoms with Gasteiger partial charge in [-0.25, -0.2) is 10.2 Å². The van der Waals surface area contributed by atoms with Gasteiger partial charge in [0.25, 0.3) is 11.8 Å². The molecule has 2 heterocycles. The highest BCUT2D eigenvalue weighted by Crippen LogP contribution is 2.39. The number of benzene rings is 4. The smallest absolute Gasteiger partial charge is 0.355 e. The van der Waals surface area contributed by atoms with E-state index in [1.54, 1.807) is 42.5 Å². The quantitative estimate of drug-likeness (QED) is 0.0652. The van der Waals surface area contributed by atoms with Crippen molar-refractivity contribution in [2.75, 3.05) is 11.9 Å². The van der Waals surface area contributed by atoms with Gasteiger partial charge in [0.2, 0.25) is 0 Å². The lowest BCUT2D eigenvalue weighted by Crippen LogP contribution is -2.17. The third-order valence-electron chi connectivity index (χ3n) is 6.83. The molecule has 8 nitrogen and oxygen atoms in total. The number of carbonyl (C=O) groups excluding carboxylic acids is 3. The van der Waals surface area contributed by atoms with Crippen LogP contribution in [0.4, 0.5) is 5.69 Å². The molecule has 0 spiro atoms. The summed E-state index contributed by atoms with van der Waals surface area (Å²) >= 11 is 22.4. The Morgan fingerprint density at radius 1 is 0.792 bits per heavy atom. The highest BCUT2D eigenvalue weighted by Gasteiger charge is 2.21. The number of hydrazone groups is 1. The summed E-state index contributed by atoms with van der Waals surface area (Å²) < 4.78 is 14.9. The maximum Gasteiger partial charge on any atom is 0.355 e. The van der Waals surface area contributed by atoms with Gasteiger partial charge >= 0.3 is 5.97 Å². The molecule has 2 aromatic heterocycles. The number of halogens is 4. The maximum absolute atomic E-state index is 13.0. The van der Waals surface area contributed by atoms with E-state index < -0.39 is 11.9 Å². The number of nitrogens with zero attached hydrogens (tertiary/aromatic N) is 1. The summed E-state index contributed by atoms with van der Waals surface area (Å²) in [4.78, 5) is 39.4. The van der Waals surface area contributed by atoms with Gasteiger partial charge in [-0.3, -0.25) is 9.59 Å². The Bertz CT molecular complexity index is 2250. The molecule has 0 atom stereocenters. The normalized spacial score (nSPS) is 11.3. The average Bonchev–Trinajstić information content (AvgIpc) is 3.57. The van der Waals surface area contributed by atoms with Crippen LogP contribution in [0, 0.1) is 0 Å². The van der Waals surface area contributed by atoms with Crippen molar-refractivity contribution < 1.29 is 23.9 Å². The van der Waals surface area contributed by atoms with E-state index in [1.165, 1.54) is 28.9 Å². The molecule has 0 unspecified atom stereocenters. The first-order valence-corrected chi connectivity index (χ1v) is 18.1. The number of rotatable bonds is 9. The highest BCUT2D eigenvalue weighted by molar-refractivity contribution is 9.10. The monoisotopic (exact) mass is 843 g/mol. The van der Waals surface area contributed by atoms with E-state index >= 15 is 0 Å². The van der Waals surface area contributed by atoms with Crippen LogP contribution in [-0.4, -0.2) is 30.6 Å². The molecule has 2 N–H and O–H groups in total. The first-order valence-electron chi connectivity index (χ1n) is 14.1. The number of nitrogens with one attached hydrogen (secondary N) is 2. The second-order valence-corrected chi connectivity index (χ2v) is 14.7. The summed E-state index contributed by atoms with van der Waals surface area (Å²) in [7, 11) is 0. The molecule has 4 aromatic carbocycles. The Hall–Kier alpha value is -3.78. The Morgan fingerprint density at radius 3 is 2.06 bits per heavy atom. The minimum Gasteiger partial charge on any atom is -0.490 e. The molecule has 2 amide bonds. The van der Waals surface area contributed by atoms with E-state index in [0.717, 1.165) is 29.1 Å². The molecule has 0 aliphatic heterocycles. The third-order valence-corrected chi connectivity index (χ3v) is 11.1. The van der Waals surface area contributed by atoms with E-state index in [4.69, 9.17) is 32.7 Å². The minimum absolute atomic E-state index is 0.215. The van der Waals surface area contributed by atoms with Crippen LogP contribution in [-0.2, 0) is 0 Å². The SMILES string of the molecule is CCOc1cc(/C=N\NC(=O)c2ccc(NC(=O)c3sc4cc(Br)ccc4c3Cl)cc2)ccc1OC(=O)c1sc2cc(Br)ccc2c1Cl. The first-order chi connectivity index (χ1) is 23.1. The lowest BCUT2D eigenvalue weighted by atomic mass is 10.2. The number of hydrogen-bond acceptors (Lipinski definition) is 8. The minimum atomic E-state index is -0.602. The van der Waals surface area contributed by atoms with Crippen molar-refractivity contribution in [2.24, 2.45) is 5.10 Å². The number of carbonyl (C=O) groups is 3. The van der Waals surface area contributed by atoms with Gasteiger partial charge in [0, 0.05) is 40.4 Å². The molecular formula is C34H21Br2Cl2N3O5S2. The van der Waals surface area contributed by atoms with Gasteiger partial charge in [-0.1, -0.05) is 67.2 Å². The third kappa shape index (κ3) is 7.44. The largest absolute Gasteiger partial charge is 0.490 e. The van der Waals surface area contributed by atoms with Crippen molar-refractivity contribution in [1.82, 2.24) is 5.43 Å². The summed E-state index contributed by atoms with van der Waals surface area (Å²) in [6.07, 6.45) is 1.44. The van der Waals surface area contributed by atoms with Crippen LogP contribution in [0.2, 0.25) is 10.0 Å². The van der Waals surface area contributed by atoms with E-state index in [9.17, 15) is 14.4 Å². The molecule has 0 bridgehead atoms. The second-order valence-electron chi connectivity index (χ2n) is 10.0. The molecule has 14 heteroatoms. The van der Waals surface area contributed by atoms with Gasteiger partial charge in [0.05, 0.1) is 22.9 Å². The molecule has 0 fully saturated rings. The van der Waals surface area contributed by atoms with Crippen molar-refractivity contribution in [3.8, 4) is 11.5 Å². The van der Waals surface area contributed by atoms with E-state index in [-0.39, 0.29) is 16.5 Å². The Morgan fingerprint density at radius 2 is 1.42 bits per heavy atom. The van der Waals surface area contributed by atoms with Crippen LogP contribution >= 0.6 is 77.7 Å². The fourth-order valence-corrected chi connectivity index (χ4v) is 8.48. The van der Waals surface area contributed by atoms with Crippen LogP contribution in [0.15, 0.2) is 92.9 Å². The molecule has 0 saturated carbocycles. The van der Waals surface area contributed by atoms with Crippen LogP contribution in [0.3, 0.4) is 0 Å². The molecular weight excluding hydrogens is 825 g/mol. The second kappa shape index (κ2) is 14.8. The topological polar surface area (TPSA) is 106 Å². The Kier molecular flexibility index (Phi) is 10.5. The van der Waals surface area contributed by atoms with Crippen LogP contribution in [0.1, 0.15) is 42.2 Å². The Labute approximate surface area is 308 Å². The van der Waals surface area contributed by atoms with Crippen molar-refractivity contribution in [1.29, 1.82) is 0 Å². The van der Waals surface area contributed by atoms with Crippen molar-refractivity contribution in [2.45, 2.75) is 6.92 Å². The first kappa shape index (κ1) is 34.1. The predicted molar refractivity (Wildman–Crippen MR) is 201 cm³/mol. The molecule has 242 valence electrons. The highest BCUT2D eigenvalue weighted by atomic mass is 79.9. The van der Waals surface area contributed by atoms with Gasteiger partial charge in [-0.05, 0) is 79.2 Å². The van der Waals surface area contributed by atoms with E-state index in [0.29, 0.717) is 44.1 Å². The van der Waals surface area contributed by atoms with E-state index in [2.05, 4.69) is 47.7 Å². The molecule has 0 radical (unpaired) electrons. The van der Waals surface area contributed by atoms with E-state index in [1.807, 2.05) is 43.3 Å². The summed E-state index contributed by atoms with van der Waals surface area (Å²) in [5.41, 5.74) is 3.91. The zero-order chi connectivity index (χ0) is 33.9. The van der Waals surface area contributed by atoms with Crippen LogP contribution in [0.25, 0.3) is 20.2 Å². The van der Waals surface area contributed by atoms with Crippen LogP contribution in [0.5, 0.6) is 11.5 Å². The summed E-state index contributed by atoms with van der Waals surface area (Å²) in [5.74, 6) is -0.861. The zero-order valence-corrected chi connectivity index (χ0v) is 30.9. The number of amides is 2. The number of fused-ring (bicyclic) bond motifs is 2. The standard InChI is InChI=1S/C34H21Br2Cl2N3O5S2/c1-2-45-25-13-17(3-12-24(25)46-34(44)31-29(38)23-11-7-20(36)15-27(23)48-31)16-39-41-32(42)18-4-8-21(9-5-18)40-33(43)30-28(37)22-10-6-19(35)14-26(22)47-30/h3-16H,2H2,1H3,(H,40,43)(H,41,42)/b39-16-.